The maximum atomic E-state index is 13.0. The fourth-order valence-electron chi connectivity index (χ4n) is 3.75. The second-order valence-corrected chi connectivity index (χ2v) is 7.56. The van der Waals surface area contributed by atoms with E-state index in [1.54, 1.807) is 52.1 Å². The van der Waals surface area contributed by atoms with E-state index in [0.29, 0.717) is 37.5 Å². The van der Waals surface area contributed by atoms with E-state index in [1.807, 2.05) is 48.7 Å². The molecule has 0 aliphatic carbocycles. The molecule has 1 aromatic heterocycles. The third kappa shape index (κ3) is 4.88. The van der Waals surface area contributed by atoms with Crippen LogP contribution in [0.5, 0.6) is 5.75 Å². The van der Waals surface area contributed by atoms with Gasteiger partial charge in [0.25, 0.3) is 5.91 Å². The van der Waals surface area contributed by atoms with E-state index < -0.39 is 0 Å². The van der Waals surface area contributed by atoms with Crippen molar-refractivity contribution in [3.8, 4) is 11.4 Å². The zero-order chi connectivity index (χ0) is 22.3. The lowest BCUT2D eigenvalue weighted by molar-refractivity contribution is -0.125. The lowest BCUT2D eigenvalue weighted by Crippen LogP contribution is -2.36. The van der Waals surface area contributed by atoms with Crippen molar-refractivity contribution in [3.63, 3.8) is 0 Å². The van der Waals surface area contributed by atoms with Crippen molar-refractivity contribution >= 4 is 17.9 Å². The van der Waals surface area contributed by atoms with Gasteiger partial charge in [-0.15, -0.1) is 0 Å². The fourth-order valence-corrected chi connectivity index (χ4v) is 3.75. The number of benzene rings is 2. The van der Waals surface area contributed by atoms with Gasteiger partial charge in [0.2, 0.25) is 5.91 Å². The van der Waals surface area contributed by atoms with Crippen molar-refractivity contribution in [2.75, 3.05) is 33.3 Å². The largest absolute Gasteiger partial charge is 0.496 e. The molecule has 0 bridgehead atoms. The number of nitrogens with zero attached hydrogens (tertiary/aromatic N) is 4. The number of carbonyl (C=O) groups excluding carboxylic acids is 2. The number of para-hydroxylation sites is 2. The van der Waals surface area contributed by atoms with Gasteiger partial charge in [-0.3, -0.25) is 9.59 Å². The van der Waals surface area contributed by atoms with Crippen LogP contribution in [-0.4, -0.2) is 64.7 Å². The predicted octanol–water partition coefficient (Wildman–Crippen LogP) is 3.27. The molecule has 1 fully saturated rings. The molecule has 2 amide bonds. The van der Waals surface area contributed by atoms with E-state index in [1.165, 1.54) is 0 Å². The highest BCUT2D eigenvalue weighted by molar-refractivity contribution is 5.97. The van der Waals surface area contributed by atoms with Crippen molar-refractivity contribution < 1.29 is 14.3 Å². The number of aromatic nitrogens is 2. The van der Waals surface area contributed by atoms with Crippen LogP contribution in [0.15, 0.2) is 73.1 Å². The summed E-state index contributed by atoms with van der Waals surface area (Å²) in [6.07, 6.45) is 7.69. The van der Waals surface area contributed by atoms with Gasteiger partial charge >= 0.3 is 0 Å². The van der Waals surface area contributed by atoms with E-state index >= 15 is 0 Å². The molecule has 2 aromatic carbocycles. The molecule has 0 radical (unpaired) electrons. The van der Waals surface area contributed by atoms with Crippen LogP contribution in [0.1, 0.15) is 22.3 Å². The first kappa shape index (κ1) is 21.4. The first-order valence-electron chi connectivity index (χ1n) is 10.6. The Kier molecular flexibility index (Phi) is 6.65. The average molecular weight is 431 g/mol. The highest BCUT2D eigenvalue weighted by atomic mass is 16.5. The predicted molar refractivity (Wildman–Crippen MR) is 123 cm³/mol. The smallest absolute Gasteiger partial charge is 0.257 e. The molecule has 0 spiro atoms. The van der Waals surface area contributed by atoms with E-state index in [9.17, 15) is 9.59 Å². The minimum Gasteiger partial charge on any atom is -0.496 e. The first-order chi connectivity index (χ1) is 15.7. The van der Waals surface area contributed by atoms with Crippen molar-refractivity contribution in [1.82, 2.24) is 19.6 Å². The lowest BCUT2D eigenvalue weighted by Gasteiger charge is -2.22. The monoisotopic (exact) mass is 430 g/mol. The molecule has 7 nitrogen and oxygen atoms in total. The van der Waals surface area contributed by atoms with Crippen LogP contribution in [-0.2, 0) is 4.79 Å². The first-order valence-corrected chi connectivity index (χ1v) is 10.6. The summed E-state index contributed by atoms with van der Waals surface area (Å²) in [5.41, 5.74) is 2.36. The molecule has 2 heterocycles. The molecular formula is C25H26N4O3. The third-order valence-corrected chi connectivity index (χ3v) is 5.47. The standard InChI is InChI=1S/C25H26N4O3/c1-32-23-11-6-5-10-22(23)25(31)28-15-7-14-27(16-17-28)24(30)13-12-20-18-26-29(19-20)21-8-3-2-4-9-21/h2-6,8-13,18-19H,7,14-17H2,1H3. The Bertz CT molecular complexity index is 1110. The summed E-state index contributed by atoms with van der Waals surface area (Å²) in [5.74, 6) is 0.429. The molecule has 7 heteroatoms. The average Bonchev–Trinajstić information content (AvgIpc) is 3.18. The molecule has 164 valence electrons. The van der Waals surface area contributed by atoms with Gasteiger partial charge in [-0.1, -0.05) is 30.3 Å². The minimum absolute atomic E-state index is 0.0657. The van der Waals surface area contributed by atoms with Crippen LogP contribution >= 0.6 is 0 Å². The Morgan fingerprint density at radius 3 is 2.47 bits per heavy atom. The second-order valence-electron chi connectivity index (χ2n) is 7.56. The topological polar surface area (TPSA) is 67.7 Å². The number of amides is 2. The SMILES string of the molecule is COc1ccccc1C(=O)N1CCCN(C(=O)C=Cc2cnn(-c3ccccc3)c2)CC1. The Morgan fingerprint density at radius 2 is 1.66 bits per heavy atom. The van der Waals surface area contributed by atoms with Crippen molar-refractivity contribution in [2.24, 2.45) is 0 Å². The molecule has 1 saturated heterocycles. The molecule has 0 saturated carbocycles. The summed E-state index contributed by atoms with van der Waals surface area (Å²) in [4.78, 5) is 29.3. The number of ether oxygens (including phenoxy) is 1. The molecule has 32 heavy (non-hydrogen) atoms. The van der Waals surface area contributed by atoms with Crippen LogP contribution in [0, 0.1) is 0 Å². The van der Waals surface area contributed by atoms with E-state index in [4.69, 9.17) is 4.74 Å². The van der Waals surface area contributed by atoms with Crippen molar-refractivity contribution in [3.05, 3.63) is 84.2 Å². The fraction of sp³-hybridized carbons (Fsp3) is 0.240. The van der Waals surface area contributed by atoms with E-state index in [2.05, 4.69) is 5.10 Å². The number of carbonyl (C=O) groups is 2. The minimum atomic E-state index is -0.0689. The number of rotatable bonds is 5. The van der Waals surface area contributed by atoms with Crippen LogP contribution in [0.3, 0.4) is 0 Å². The van der Waals surface area contributed by atoms with Gasteiger partial charge in [0.05, 0.1) is 24.6 Å². The zero-order valence-electron chi connectivity index (χ0n) is 18.1. The summed E-state index contributed by atoms with van der Waals surface area (Å²) in [6, 6.07) is 17.0. The van der Waals surface area contributed by atoms with Crippen molar-refractivity contribution in [2.45, 2.75) is 6.42 Å². The molecule has 4 rings (SSSR count). The van der Waals surface area contributed by atoms with Gasteiger partial charge in [0.1, 0.15) is 5.75 Å². The number of hydrogen-bond donors (Lipinski definition) is 0. The quantitative estimate of drug-likeness (QED) is 0.583. The van der Waals surface area contributed by atoms with E-state index in [0.717, 1.165) is 17.7 Å². The molecule has 0 atom stereocenters. The Hall–Kier alpha value is -3.87. The summed E-state index contributed by atoms with van der Waals surface area (Å²) in [6.45, 7) is 2.20. The van der Waals surface area contributed by atoms with Crippen LogP contribution in [0.4, 0.5) is 0 Å². The number of methoxy groups -OCH3 is 1. The maximum absolute atomic E-state index is 13.0. The zero-order valence-corrected chi connectivity index (χ0v) is 18.1. The summed E-state index contributed by atoms with van der Waals surface area (Å²) in [7, 11) is 1.56. The molecule has 1 aliphatic heterocycles. The van der Waals surface area contributed by atoms with Gasteiger partial charge in [-0.05, 0) is 36.8 Å². The second kappa shape index (κ2) is 9.96. The maximum Gasteiger partial charge on any atom is 0.257 e. The van der Waals surface area contributed by atoms with Crippen molar-refractivity contribution in [1.29, 1.82) is 0 Å². The normalized spacial score (nSPS) is 14.4. The Balaban J connectivity index is 1.37. The van der Waals surface area contributed by atoms with Crippen LogP contribution in [0.25, 0.3) is 11.8 Å². The Labute approximate surface area is 187 Å². The highest BCUT2D eigenvalue weighted by Crippen LogP contribution is 2.20. The summed E-state index contributed by atoms with van der Waals surface area (Å²) in [5, 5.41) is 4.35. The van der Waals surface area contributed by atoms with Gasteiger partial charge in [0.15, 0.2) is 0 Å². The lowest BCUT2D eigenvalue weighted by atomic mass is 10.1. The Morgan fingerprint density at radius 1 is 0.938 bits per heavy atom. The van der Waals surface area contributed by atoms with Gasteiger partial charge in [-0.2, -0.15) is 5.10 Å². The number of hydrogen-bond acceptors (Lipinski definition) is 4. The molecule has 0 N–H and O–H groups in total. The molecule has 1 aliphatic rings. The molecular weight excluding hydrogens is 404 g/mol. The molecule has 0 unspecified atom stereocenters. The summed E-state index contributed by atoms with van der Waals surface area (Å²) < 4.78 is 7.10. The molecule has 3 aromatic rings. The highest BCUT2D eigenvalue weighted by Gasteiger charge is 2.23. The van der Waals surface area contributed by atoms with Gasteiger partial charge < -0.3 is 14.5 Å². The van der Waals surface area contributed by atoms with E-state index in [-0.39, 0.29) is 11.8 Å². The van der Waals surface area contributed by atoms with Gasteiger partial charge in [0, 0.05) is 44.0 Å². The summed E-state index contributed by atoms with van der Waals surface area (Å²) >= 11 is 0. The van der Waals surface area contributed by atoms with Crippen LogP contribution in [0.2, 0.25) is 0 Å². The van der Waals surface area contributed by atoms with Crippen LogP contribution < -0.4 is 4.74 Å². The third-order valence-electron chi connectivity index (χ3n) is 5.47. The van der Waals surface area contributed by atoms with Gasteiger partial charge in [-0.25, -0.2) is 4.68 Å².